The van der Waals surface area contributed by atoms with Gasteiger partial charge < -0.3 is 15.1 Å². The van der Waals surface area contributed by atoms with Gasteiger partial charge in [-0.2, -0.15) is 0 Å². The zero-order valence-corrected chi connectivity index (χ0v) is 7.51. The zero-order chi connectivity index (χ0) is 10.3. The van der Waals surface area contributed by atoms with Crippen LogP contribution in [0.2, 0.25) is 0 Å². The van der Waals surface area contributed by atoms with Crippen molar-refractivity contribution in [1.29, 1.82) is 0 Å². The molecule has 0 aliphatic heterocycles. The van der Waals surface area contributed by atoms with Crippen LogP contribution in [0.3, 0.4) is 0 Å². The average molecular weight is 184 g/mol. The highest BCUT2D eigenvalue weighted by atomic mass is 16.6. The van der Waals surface area contributed by atoms with Crippen molar-refractivity contribution < 1.29 is 15.0 Å². The van der Waals surface area contributed by atoms with Crippen LogP contribution in [-0.2, 0) is 0 Å². The summed E-state index contributed by atoms with van der Waals surface area (Å²) in [7, 11) is 4.02. The van der Waals surface area contributed by atoms with Gasteiger partial charge in [-0.05, 0) is 12.1 Å². The number of hydrogen-bond donors (Lipinski definition) is 2. The van der Waals surface area contributed by atoms with E-state index in [1.54, 1.807) is 12.4 Å². The molecule has 1 heterocycles. The second-order valence-corrected chi connectivity index (χ2v) is 2.38. The summed E-state index contributed by atoms with van der Waals surface area (Å²) in [6.07, 6.45) is 1.74. The van der Waals surface area contributed by atoms with Gasteiger partial charge in [0.25, 0.3) is 0 Å². The minimum Gasteiger partial charge on any atom is -0.450 e. The third kappa shape index (κ3) is 6.61. The first-order valence-corrected chi connectivity index (χ1v) is 3.53. The average Bonchev–Trinajstić information content (AvgIpc) is 2.05. The first-order valence-electron chi connectivity index (χ1n) is 3.53. The van der Waals surface area contributed by atoms with E-state index in [0.717, 1.165) is 0 Å². The third-order valence-corrected chi connectivity index (χ3v) is 1.18. The zero-order valence-electron chi connectivity index (χ0n) is 7.51. The van der Waals surface area contributed by atoms with Gasteiger partial charge in [0, 0.05) is 32.2 Å². The smallest absolute Gasteiger partial charge is 0.450 e. The van der Waals surface area contributed by atoms with Gasteiger partial charge >= 0.3 is 6.16 Å². The fourth-order valence-electron chi connectivity index (χ4n) is 0.642. The summed E-state index contributed by atoms with van der Waals surface area (Å²) in [5.74, 6) is 0. The Morgan fingerprint density at radius 3 is 1.92 bits per heavy atom. The second kappa shape index (κ2) is 5.82. The topological polar surface area (TPSA) is 73.7 Å². The molecule has 0 saturated carbocycles. The lowest BCUT2D eigenvalue weighted by atomic mass is 10.4. The largest absolute Gasteiger partial charge is 0.503 e. The van der Waals surface area contributed by atoms with Gasteiger partial charge in [-0.25, -0.2) is 4.79 Å². The SMILES string of the molecule is CN(C)c1ccncc1.O=C(O)O. The van der Waals surface area contributed by atoms with Gasteiger partial charge in [0.05, 0.1) is 0 Å². The molecule has 1 rings (SSSR count). The molecule has 0 bridgehead atoms. The van der Waals surface area contributed by atoms with Crippen LogP contribution in [0.25, 0.3) is 0 Å². The van der Waals surface area contributed by atoms with E-state index in [1.165, 1.54) is 5.69 Å². The maximum absolute atomic E-state index is 8.56. The van der Waals surface area contributed by atoms with E-state index in [9.17, 15) is 0 Å². The highest BCUT2D eigenvalue weighted by Gasteiger charge is 1.88. The maximum atomic E-state index is 8.56. The summed E-state index contributed by atoms with van der Waals surface area (Å²) in [6, 6.07) is 3.94. The summed E-state index contributed by atoms with van der Waals surface area (Å²) < 4.78 is 0. The van der Waals surface area contributed by atoms with Crippen LogP contribution in [0.4, 0.5) is 10.5 Å². The Labute approximate surface area is 76.3 Å². The molecule has 0 aliphatic rings. The molecule has 0 aliphatic carbocycles. The number of aromatic nitrogens is 1. The van der Waals surface area contributed by atoms with Crippen LogP contribution < -0.4 is 4.90 Å². The minimum absolute atomic E-state index is 1.19. The van der Waals surface area contributed by atoms with E-state index in [1.807, 2.05) is 31.1 Å². The maximum Gasteiger partial charge on any atom is 0.503 e. The monoisotopic (exact) mass is 184 g/mol. The summed E-state index contributed by atoms with van der Waals surface area (Å²) in [6.45, 7) is 0. The van der Waals surface area contributed by atoms with Gasteiger partial charge in [0.1, 0.15) is 0 Å². The molecule has 0 radical (unpaired) electrons. The van der Waals surface area contributed by atoms with E-state index in [4.69, 9.17) is 15.0 Å². The number of carboxylic acid groups (broad SMARTS) is 2. The van der Waals surface area contributed by atoms with Gasteiger partial charge in [-0.15, -0.1) is 0 Å². The predicted molar refractivity (Wildman–Crippen MR) is 49.2 cm³/mol. The van der Waals surface area contributed by atoms with Gasteiger partial charge in [0.2, 0.25) is 0 Å². The van der Waals surface area contributed by atoms with Gasteiger partial charge in [-0.3, -0.25) is 4.98 Å². The number of anilines is 1. The second-order valence-electron chi connectivity index (χ2n) is 2.38. The Balaban J connectivity index is 0.000000310. The van der Waals surface area contributed by atoms with Crippen LogP contribution in [0.15, 0.2) is 24.5 Å². The molecule has 2 N–H and O–H groups in total. The van der Waals surface area contributed by atoms with Crippen LogP contribution in [0, 0.1) is 0 Å². The molecular formula is C8H12N2O3. The Bertz CT molecular complexity index is 245. The van der Waals surface area contributed by atoms with Crippen LogP contribution >= 0.6 is 0 Å². The molecule has 0 fully saturated rings. The Morgan fingerprint density at radius 1 is 1.31 bits per heavy atom. The van der Waals surface area contributed by atoms with Crippen molar-refractivity contribution in [2.45, 2.75) is 0 Å². The first-order chi connectivity index (χ1) is 6.04. The number of rotatable bonds is 1. The van der Waals surface area contributed by atoms with Gasteiger partial charge in [0.15, 0.2) is 0 Å². The van der Waals surface area contributed by atoms with Crippen LogP contribution in [-0.4, -0.2) is 35.4 Å². The normalized spacial score (nSPS) is 8.15. The molecule has 5 heteroatoms. The van der Waals surface area contributed by atoms with E-state index in [-0.39, 0.29) is 0 Å². The fourth-order valence-corrected chi connectivity index (χ4v) is 0.642. The number of nitrogens with zero attached hydrogens (tertiary/aromatic N) is 2. The molecule has 1 aromatic rings. The number of pyridine rings is 1. The summed E-state index contributed by atoms with van der Waals surface area (Å²) in [4.78, 5) is 14.5. The molecule has 0 amide bonds. The predicted octanol–water partition coefficient (Wildman–Crippen LogP) is 1.37. The molecule has 0 aromatic carbocycles. The molecule has 0 saturated heterocycles. The lowest BCUT2D eigenvalue weighted by Crippen LogP contribution is -2.07. The van der Waals surface area contributed by atoms with E-state index < -0.39 is 6.16 Å². The van der Waals surface area contributed by atoms with Crippen molar-refractivity contribution in [3.63, 3.8) is 0 Å². The summed E-state index contributed by atoms with van der Waals surface area (Å²) in [5.41, 5.74) is 1.19. The number of carbonyl (C=O) groups is 1. The molecule has 0 unspecified atom stereocenters. The molecule has 5 nitrogen and oxygen atoms in total. The van der Waals surface area contributed by atoms with E-state index >= 15 is 0 Å². The molecule has 0 atom stereocenters. The van der Waals surface area contributed by atoms with Crippen molar-refractivity contribution in [3.05, 3.63) is 24.5 Å². The number of hydrogen-bond acceptors (Lipinski definition) is 3. The Kier molecular flexibility index (Phi) is 5.02. The van der Waals surface area contributed by atoms with Crippen molar-refractivity contribution in [2.24, 2.45) is 0 Å². The quantitative estimate of drug-likeness (QED) is 0.689. The highest BCUT2D eigenvalue weighted by molar-refractivity contribution is 5.53. The van der Waals surface area contributed by atoms with Gasteiger partial charge in [-0.1, -0.05) is 0 Å². The third-order valence-electron chi connectivity index (χ3n) is 1.18. The molecule has 72 valence electrons. The highest BCUT2D eigenvalue weighted by Crippen LogP contribution is 2.05. The minimum atomic E-state index is -1.83. The first kappa shape index (κ1) is 11.2. The summed E-state index contributed by atoms with van der Waals surface area (Å²) in [5, 5.41) is 13.9. The van der Waals surface area contributed by atoms with Crippen LogP contribution in [0.5, 0.6) is 0 Å². The molecule has 1 aromatic heterocycles. The van der Waals surface area contributed by atoms with Crippen molar-refractivity contribution >= 4 is 11.8 Å². The van der Waals surface area contributed by atoms with Crippen molar-refractivity contribution in [2.75, 3.05) is 19.0 Å². The lowest BCUT2D eigenvalue weighted by Gasteiger charge is -2.10. The Morgan fingerprint density at radius 2 is 1.69 bits per heavy atom. The lowest BCUT2D eigenvalue weighted by molar-refractivity contribution is 0.137. The molecule has 0 spiro atoms. The standard InChI is InChI=1S/C7H10N2.CH2O3/c1-9(2)7-3-5-8-6-4-7;2-1(3)4/h3-6H,1-2H3;(H2,2,3,4). The molecule has 13 heavy (non-hydrogen) atoms. The van der Waals surface area contributed by atoms with Crippen molar-refractivity contribution in [3.8, 4) is 0 Å². The van der Waals surface area contributed by atoms with Crippen molar-refractivity contribution in [1.82, 2.24) is 4.98 Å². The fraction of sp³-hybridized carbons (Fsp3) is 0.250. The summed E-state index contributed by atoms with van der Waals surface area (Å²) >= 11 is 0. The molecular weight excluding hydrogens is 172 g/mol. The van der Waals surface area contributed by atoms with E-state index in [0.29, 0.717) is 0 Å². The van der Waals surface area contributed by atoms with E-state index in [2.05, 4.69) is 4.98 Å². The van der Waals surface area contributed by atoms with Crippen LogP contribution in [0.1, 0.15) is 0 Å². The Hall–Kier alpha value is -1.78.